The molecular weight excluding hydrogens is 1100 g/mol. The summed E-state index contributed by atoms with van der Waals surface area (Å²) in [6, 6.07) is 18.0. The van der Waals surface area contributed by atoms with Crippen LogP contribution in [0.15, 0.2) is 146 Å². The molecule has 0 bridgehead atoms. The Kier molecular flexibility index (Phi) is 16.0. The summed E-state index contributed by atoms with van der Waals surface area (Å²) >= 11 is 3.15. The monoisotopic (exact) mass is 1130 g/mol. The van der Waals surface area contributed by atoms with Crippen molar-refractivity contribution in [1.29, 1.82) is 0 Å². The molecule has 0 unspecified atom stereocenters. The van der Waals surface area contributed by atoms with Crippen LogP contribution in [0.2, 0.25) is 0 Å². The van der Waals surface area contributed by atoms with Gasteiger partial charge in [-0.3, -0.25) is 39.8 Å². The van der Waals surface area contributed by atoms with Gasteiger partial charge in [-0.1, -0.05) is 0 Å². The summed E-state index contributed by atoms with van der Waals surface area (Å²) in [5, 5.41) is 40.5. The van der Waals surface area contributed by atoms with E-state index in [0.717, 1.165) is 14.2 Å². The number of alkyl halides is 6. The number of benzene rings is 4. The van der Waals surface area contributed by atoms with Gasteiger partial charge in [0.1, 0.15) is 27.5 Å². The van der Waals surface area contributed by atoms with Gasteiger partial charge in [0.15, 0.2) is 70.1 Å². The molecule has 77 heavy (non-hydrogen) atoms. The molecule has 7 heterocycles. The Bertz CT molecular complexity index is 4020. The lowest BCUT2D eigenvalue weighted by molar-refractivity contribution is -0.905. The molecule has 0 radical (unpaired) electrons. The number of furan rings is 3. The molecule has 0 saturated heterocycles. The lowest BCUT2D eigenvalue weighted by Crippen LogP contribution is -2.28. The topological polar surface area (TPSA) is 250 Å². The van der Waals surface area contributed by atoms with Gasteiger partial charge in [0.25, 0.3) is 0 Å². The fourth-order valence-corrected chi connectivity index (χ4v) is 7.99. The van der Waals surface area contributed by atoms with Gasteiger partial charge in [-0.15, -0.1) is 0 Å². The van der Waals surface area contributed by atoms with Crippen molar-refractivity contribution in [2.45, 2.75) is 19.8 Å². The molecule has 0 fully saturated rings. The Morgan fingerprint density at radius 3 is 1.48 bits per heavy atom. The Morgan fingerprint density at radius 2 is 0.961 bits per heavy atom. The van der Waals surface area contributed by atoms with Crippen LogP contribution >= 0.6 is 15.9 Å². The first-order valence-corrected chi connectivity index (χ1v) is 22.3. The van der Waals surface area contributed by atoms with Crippen molar-refractivity contribution in [3.8, 4) is 34.5 Å². The van der Waals surface area contributed by atoms with Gasteiger partial charge in [-0.05, 0) is 76.6 Å². The molecule has 11 rings (SSSR count). The standard InChI is InChI=1S/C13H9BrF2NO4.C13H8F2NO4.C13H7F2NO3.C12H7NO4/c14-9-6-17(19)4-3-10(9)20-12-5-8(7-18)1-2-11(12)21-13(15)16;14-13(15)20-10-2-1-7(6-17)11-8-5-16(18)4-3-9(8)19-12(10)11;14-13(15)19-10-2-1-7(6-17)11-8-5-16-4-3-9(8)18-12(10)11;14-6-7-1-2-9(15)12-11(7)8-5-13(16)4-3-10(8)17-12/h1-7,13,19H;1-6,13,18H;1-6,13H;1-6H,(H-,14,15,16)/q2*+1;;/p+1. The molecule has 0 amide bonds. The summed E-state index contributed by atoms with van der Waals surface area (Å²) in [6.45, 7) is -8.99. The van der Waals surface area contributed by atoms with Crippen LogP contribution in [0.3, 0.4) is 0 Å². The maximum atomic E-state index is 12.4. The molecule has 0 aliphatic carbocycles. The molecule has 4 N–H and O–H groups in total. The second kappa shape index (κ2) is 23.1. The average molecular weight is 1130 g/mol. The highest BCUT2D eigenvalue weighted by Crippen LogP contribution is 2.40. The number of hydrogen-bond donors (Lipinski definition) is 4. The van der Waals surface area contributed by atoms with Crippen molar-refractivity contribution >= 4 is 107 Å². The summed E-state index contributed by atoms with van der Waals surface area (Å²) in [4.78, 5) is 47.8. The lowest BCUT2D eigenvalue weighted by atomic mass is 10.1. The maximum Gasteiger partial charge on any atom is 0.387 e. The van der Waals surface area contributed by atoms with E-state index in [-0.39, 0.29) is 62.4 Å². The van der Waals surface area contributed by atoms with Gasteiger partial charge in [0, 0.05) is 70.4 Å². The first-order chi connectivity index (χ1) is 37.0. The molecule has 0 saturated carbocycles. The van der Waals surface area contributed by atoms with Crippen LogP contribution in [0.5, 0.6) is 34.5 Å². The predicted octanol–water partition coefficient (Wildman–Crippen LogP) is 10.7. The minimum absolute atomic E-state index is 0.0358. The lowest BCUT2D eigenvalue weighted by Gasteiger charge is -2.12. The summed E-state index contributed by atoms with van der Waals surface area (Å²) in [5.74, 6) is -0.304. The highest BCUT2D eigenvalue weighted by Gasteiger charge is 2.22. The SMILES string of the molecule is O=Cc1ccc(O)c2oc3cc[n+](O)cc3c12.O=Cc1ccc(OC(F)F)c(Oc2cc[n+](O)cc2Br)c1.O=Cc1ccc(OC(F)F)c2oc3cc[n+](O)cc3c12.O=Cc1ccc(OC(F)F)c2oc3ccncc3c12. The van der Waals surface area contributed by atoms with Crippen molar-refractivity contribution in [3.05, 3.63) is 155 Å². The van der Waals surface area contributed by atoms with E-state index in [9.17, 15) is 66.2 Å². The Morgan fingerprint density at radius 1 is 0.506 bits per heavy atom. The van der Waals surface area contributed by atoms with Crippen LogP contribution in [0, 0.1) is 0 Å². The molecule has 0 atom stereocenters. The van der Waals surface area contributed by atoms with Crippen molar-refractivity contribution in [3.63, 3.8) is 0 Å². The number of hydrogen-bond acceptors (Lipinski definition) is 16. The molecule has 4 aromatic carbocycles. The smallest absolute Gasteiger partial charge is 0.387 e. The van der Waals surface area contributed by atoms with E-state index in [1.165, 1.54) is 116 Å². The molecule has 392 valence electrons. The largest absolute Gasteiger partial charge is 0.504 e. The second-order valence-corrected chi connectivity index (χ2v) is 16.3. The number of carbonyl (C=O) groups excluding carboxylic acids is 4. The summed E-state index contributed by atoms with van der Waals surface area (Å²) in [7, 11) is 0. The molecule has 11 aromatic rings. The highest BCUT2D eigenvalue weighted by molar-refractivity contribution is 9.10. The van der Waals surface area contributed by atoms with Crippen LogP contribution in [-0.4, -0.2) is 70.7 Å². The Balaban J connectivity index is 0.000000136. The molecule has 0 aliphatic rings. The maximum absolute atomic E-state index is 12.4. The third kappa shape index (κ3) is 11.7. The zero-order valence-corrected chi connectivity index (χ0v) is 40.0. The van der Waals surface area contributed by atoms with E-state index in [1.54, 1.807) is 12.1 Å². The first kappa shape index (κ1) is 53.3. The Hall–Kier alpha value is -9.98. The zero-order valence-electron chi connectivity index (χ0n) is 38.4. The van der Waals surface area contributed by atoms with E-state index in [4.69, 9.17) is 18.0 Å². The number of rotatable bonds is 12. The number of phenolic OH excluding ortho intramolecular Hbond substituents is 1. The fourth-order valence-electron chi connectivity index (χ4n) is 7.56. The van der Waals surface area contributed by atoms with E-state index in [1.807, 2.05) is 0 Å². The Labute approximate surface area is 432 Å². The van der Waals surface area contributed by atoms with E-state index >= 15 is 0 Å². The van der Waals surface area contributed by atoms with Crippen molar-refractivity contribution in [2.75, 3.05) is 0 Å². The number of pyridine rings is 4. The fraction of sp³-hybridized carbons (Fsp3) is 0.0588. The molecule has 26 heteroatoms. The van der Waals surface area contributed by atoms with Crippen LogP contribution < -0.4 is 33.1 Å². The van der Waals surface area contributed by atoms with Crippen LogP contribution in [0.25, 0.3) is 65.8 Å². The zero-order chi connectivity index (χ0) is 55.1. The number of ether oxygens (including phenoxy) is 4. The quantitative estimate of drug-likeness (QED) is 0.0384. The molecule has 19 nitrogen and oxygen atoms in total. The van der Waals surface area contributed by atoms with Crippen LogP contribution in [0.1, 0.15) is 41.4 Å². The minimum Gasteiger partial charge on any atom is -0.504 e. The number of fused-ring (bicyclic) bond motifs is 9. The summed E-state index contributed by atoms with van der Waals surface area (Å²) in [6.07, 6.45) is 13.5. The molecule has 7 aromatic heterocycles. The molecule has 0 aliphatic heterocycles. The van der Waals surface area contributed by atoms with Crippen LogP contribution in [0.4, 0.5) is 26.3 Å². The summed E-state index contributed by atoms with van der Waals surface area (Å²) in [5.41, 5.74) is 2.94. The van der Waals surface area contributed by atoms with Crippen molar-refractivity contribution in [1.82, 2.24) is 4.98 Å². The van der Waals surface area contributed by atoms with Gasteiger partial charge < -0.3 is 37.3 Å². The number of halogens is 7. The van der Waals surface area contributed by atoms with Gasteiger partial charge in [0.2, 0.25) is 37.2 Å². The van der Waals surface area contributed by atoms with Crippen LogP contribution in [-0.2, 0) is 0 Å². The number of aldehydes is 4. The normalized spacial score (nSPS) is 11.0. The first-order valence-electron chi connectivity index (χ1n) is 21.6. The van der Waals surface area contributed by atoms with E-state index in [0.29, 0.717) is 89.8 Å². The number of carbonyl (C=O) groups is 4. The van der Waals surface area contributed by atoms with Crippen molar-refractivity contribution < 1.29 is 113 Å². The second-order valence-electron chi connectivity index (χ2n) is 15.4. The number of nitrogens with zero attached hydrogens (tertiary/aromatic N) is 4. The van der Waals surface area contributed by atoms with Gasteiger partial charge in [0.05, 0.1) is 29.0 Å². The van der Waals surface area contributed by atoms with Crippen molar-refractivity contribution in [2.24, 2.45) is 0 Å². The van der Waals surface area contributed by atoms with E-state index < -0.39 is 19.8 Å². The number of aromatic nitrogens is 4. The van der Waals surface area contributed by atoms with E-state index in [2.05, 4.69) is 35.1 Å². The third-order valence-corrected chi connectivity index (χ3v) is 11.3. The third-order valence-electron chi connectivity index (χ3n) is 10.7. The van der Waals surface area contributed by atoms with Gasteiger partial charge in [-0.2, -0.15) is 26.3 Å². The summed E-state index contributed by atoms with van der Waals surface area (Å²) < 4.78 is 112. The van der Waals surface area contributed by atoms with Gasteiger partial charge >= 0.3 is 19.8 Å². The number of aromatic hydroxyl groups is 1. The molecule has 0 spiro atoms. The number of phenols is 1. The average Bonchev–Trinajstić information content (AvgIpc) is 4.19. The molecular formula is C51H32BrF6N4O15+3. The minimum atomic E-state index is -3.02. The highest BCUT2D eigenvalue weighted by atomic mass is 79.9. The predicted molar refractivity (Wildman–Crippen MR) is 255 cm³/mol. The van der Waals surface area contributed by atoms with Gasteiger partial charge in [-0.25, -0.2) is 0 Å².